The molecule has 5 nitrogen and oxygen atoms in total. The minimum atomic E-state index is -0.560. The van der Waals surface area contributed by atoms with E-state index in [1.807, 2.05) is 0 Å². The first-order valence-corrected chi connectivity index (χ1v) is 6.37. The van der Waals surface area contributed by atoms with Crippen LogP contribution in [0.1, 0.15) is 24.1 Å². The van der Waals surface area contributed by atoms with Gasteiger partial charge >= 0.3 is 0 Å². The Balaban J connectivity index is 2.35. The molecule has 0 saturated carbocycles. The summed E-state index contributed by atoms with van der Waals surface area (Å²) in [5.41, 5.74) is 6.60. The Kier molecular flexibility index (Phi) is 4.18. The Labute approximate surface area is 121 Å². The van der Waals surface area contributed by atoms with Gasteiger partial charge in [0.15, 0.2) is 11.6 Å². The largest absolute Gasteiger partial charge is 0.454 e. The molecule has 2 rings (SSSR count). The second-order valence-electron chi connectivity index (χ2n) is 4.74. The number of hydrogen-bond acceptors (Lipinski definition) is 4. The molecule has 0 saturated heterocycles. The lowest BCUT2D eigenvalue weighted by Crippen LogP contribution is -2.05. The van der Waals surface area contributed by atoms with Crippen LogP contribution in [0.5, 0.6) is 11.5 Å². The monoisotopic (exact) mass is 290 g/mol. The van der Waals surface area contributed by atoms with Gasteiger partial charge in [-0.15, -0.1) is 0 Å². The van der Waals surface area contributed by atoms with E-state index < -0.39 is 10.7 Å². The molecule has 0 aliphatic carbocycles. The molecule has 2 N–H and O–H groups in total. The van der Waals surface area contributed by atoms with Crippen molar-refractivity contribution in [2.75, 3.05) is 0 Å². The molecule has 2 aromatic rings. The number of benzene rings is 2. The maximum atomic E-state index is 14.0. The Hall–Kier alpha value is -2.47. The van der Waals surface area contributed by atoms with Crippen molar-refractivity contribution in [3.05, 3.63) is 63.5 Å². The van der Waals surface area contributed by atoms with Crippen LogP contribution in [-0.2, 0) is 0 Å². The van der Waals surface area contributed by atoms with Crippen molar-refractivity contribution in [1.29, 1.82) is 0 Å². The number of nitrogens with zero attached hydrogens (tertiary/aromatic N) is 1. The van der Waals surface area contributed by atoms with Crippen molar-refractivity contribution in [2.24, 2.45) is 5.73 Å². The maximum absolute atomic E-state index is 14.0. The van der Waals surface area contributed by atoms with E-state index in [0.717, 1.165) is 0 Å². The molecule has 6 heteroatoms. The first-order chi connectivity index (χ1) is 9.90. The van der Waals surface area contributed by atoms with E-state index in [4.69, 9.17) is 10.5 Å². The summed E-state index contributed by atoms with van der Waals surface area (Å²) in [5, 5.41) is 10.9. The molecule has 0 aromatic heterocycles. The molecule has 2 aromatic carbocycles. The Morgan fingerprint density at radius 3 is 2.57 bits per heavy atom. The van der Waals surface area contributed by atoms with Crippen molar-refractivity contribution in [3.63, 3.8) is 0 Å². The lowest BCUT2D eigenvalue weighted by atomic mass is 10.1. The van der Waals surface area contributed by atoms with Crippen molar-refractivity contribution in [3.8, 4) is 11.5 Å². The Bertz CT molecular complexity index is 687. The topological polar surface area (TPSA) is 78.4 Å². The van der Waals surface area contributed by atoms with Crippen LogP contribution in [0.25, 0.3) is 0 Å². The molecule has 0 aliphatic heterocycles. The molecule has 0 bridgehead atoms. The summed E-state index contributed by atoms with van der Waals surface area (Å²) >= 11 is 0. The fourth-order valence-electron chi connectivity index (χ4n) is 1.91. The summed E-state index contributed by atoms with van der Waals surface area (Å²) in [5.74, 6) is -0.310. The minimum absolute atomic E-state index is 0.00278. The van der Waals surface area contributed by atoms with E-state index in [0.29, 0.717) is 11.1 Å². The predicted molar refractivity (Wildman–Crippen MR) is 76.9 cm³/mol. The van der Waals surface area contributed by atoms with Gasteiger partial charge < -0.3 is 10.5 Å². The van der Waals surface area contributed by atoms with Gasteiger partial charge in [0, 0.05) is 12.1 Å². The van der Waals surface area contributed by atoms with Gasteiger partial charge in [-0.1, -0.05) is 12.1 Å². The van der Waals surface area contributed by atoms with E-state index in [2.05, 4.69) is 0 Å². The highest BCUT2D eigenvalue weighted by molar-refractivity contribution is 5.50. The smallest absolute Gasteiger partial charge is 0.276 e. The summed E-state index contributed by atoms with van der Waals surface area (Å²) in [4.78, 5) is 10.4. The highest BCUT2D eigenvalue weighted by Gasteiger charge is 2.16. The Morgan fingerprint density at radius 1 is 1.29 bits per heavy atom. The maximum Gasteiger partial charge on any atom is 0.276 e. The molecule has 0 heterocycles. The molecule has 1 unspecified atom stereocenters. The average Bonchev–Trinajstić information content (AvgIpc) is 2.42. The highest BCUT2D eigenvalue weighted by Crippen LogP contribution is 2.32. The zero-order chi connectivity index (χ0) is 15.6. The van der Waals surface area contributed by atoms with Gasteiger partial charge in [0.05, 0.1) is 10.5 Å². The number of ether oxygens (including phenoxy) is 1. The van der Waals surface area contributed by atoms with Gasteiger partial charge in [-0.3, -0.25) is 10.1 Å². The number of nitrogens with two attached hydrogens (primary N) is 1. The summed E-state index contributed by atoms with van der Waals surface area (Å²) < 4.78 is 19.4. The first kappa shape index (κ1) is 14.9. The van der Waals surface area contributed by atoms with Gasteiger partial charge in [0.1, 0.15) is 5.75 Å². The zero-order valence-electron chi connectivity index (χ0n) is 11.7. The average molecular weight is 290 g/mol. The van der Waals surface area contributed by atoms with Crippen LogP contribution in [0.4, 0.5) is 10.1 Å². The molecule has 0 fully saturated rings. The summed E-state index contributed by atoms with van der Waals surface area (Å²) in [6.07, 6.45) is 0. The predicted octanol–water partition coefficient (Wildman–Crippen LogP) is 3.85. The van der Waals surface area contributed by atoms with Crippen molar-refractivity contribution >= 4 is 5.69 Å². The molecule has 0 amide bonds. The van der Waals surface area contributed by atoms with Gasteiger partial charge in [-0.2, -0.15) is 0 Å². The fourth-order valence-corrected chi connectivity index (χ4v) is 1.91. The third-order valence-electron chi connectivity index (χ3n) is 3.15. The summed E-state index contributed by atoms with van der Waals surface area (Å²) in [7, 11) is 0. The molecule has 0 radical (unpaired) electrons. The second kappa shape index (κ2) is 5.88. The van der Waals surface area contributed by atoms with E-state index in [1.165, 1.54) is 24.3 Å². The van der Waals surface area contributed by atoms with Crippen molar-refractivity contribution in [2.45, 2.75) is 19.9 Å². The summed E-state index contributed by atoms with van der Waals surface area (Å²) in [6.45, 7) is 3.31. The van der Waals surface area contributed by atoms with Crippen molar-refractivity contribution in [1.82, 2.24) is 0 Å². The second-order valence-corrected chi connectivity index (χ2v) is 4.74. The molecule has 0 spiro atoms. The van der Waals surface area contributed by atoms with Gasteiger partial charge in [-0.05, 0) is 37.6 Å². The van der Waals surface area contributed by atoms with E-state index in [-0.39, 0.29) is 23.2 Å². The molecular formula is C15H15FN2O3. The highest BCUT2D eigenvalue weighted by atomic mass is 19.1. The molecule has 1 atom stereocenters. The number of halogens is 1. The number of nitro benzene ring substituents is 1. The van der Waals surface area contributed by atoms with Crippen LogP contribution >= 0.6 is 0 Å². The first-order valence-electron chi connectivity index (χ1n) is 6.37. The van der Waals surface area contributed by atoms with E-state index in [1.54, 1.807) is 26.0 Å². The molecule has 21 heavy (non-hydrogen) atoms. The fraction of sp³-hybridized carbons (Fsp3) is 0.200. The van der Waals surface area contributed by atoms with Crippen LogP contribution < -0.4 is 10.5 Å². The van der Waals surface area contributed by atoms with Gasteiger partial charge in [0.2, 0.25) is 0 Å². The lowest BCUT2D eigenvalue weighted by Gasteiger charge is -2.11. The lowest BCUT2D eigenvalue weighted by molar-refractivity contribution is -0.385. The third kappa shape index (κ3) is 3.17. The third-order valence-corrected chi connectivity index (χ3v) is 3.15. The van der Waals surface area contributed by atoms with E-state index >= 15 is 0 Å². The van der Waals surface area contributed by atoms with Crippen molar-refractivity contribution < 1.29 is 14.1 Å². The quantitative estimate of drug-likeness (QED) is 0.685. The number of hydrogen-bond donors (Lipinski definition) is 1. The molecule has 110 valence electrons. The van der Waals surface area contributed by atoms with E-state index in [9.17, 15) is 14.5 Å². The standard InChI is InChI=1S/C15H15FN2O3/c1-9-13(18(19)20)4-3-5-14(9)21-15-7-6-11(10(2)17)8-12(15)16/h3-8,10H,17H2,1-2H3. The van der Waals surface area contributed by atoms with Crippen LogP contribution in [0.15, 0.2) is 36.4 Å². The number of rotatable bonds is 4. The van der Waals surface area contributed by atoms with Crippen LogP contribution in [0, 0.1) is 22.9 Å². The van der Waals surface area contributed by atoms with Crippen LogP contribution in [-0.4, -0.2) is 4.92 Å². The summed E-state index contributed by atoms with van der Waals surface area (Å²) in [6, 6.07) is 8.57. The van der Waals surface area contributed by atoms with Gasteiger partial charge in [-0.25, -0.2) is 4.39 Å². The number of nitro groups is 1. The minimum Gasteiger partial charge on any atom is -0.454 e. The Morgan fingerprint density at radius 2 is 2.00 bits per heavy atom. The molecular weight excluding hydrogens is 275 g/mol. The van der Waals surface area contributed by atoms with Gasteiger partial charge in [0.25, 0.3) is 5.69 Å². The van der Waals surface area contributed by atoms with Crippen LogP contribution in [0.3, 0.4) is 0 Å². The SMILES string of the molecule is Cc1c(Oc2ccc(C(C)N)cc2F)cccc1[N+](=O)[O-]. The van der Waals surface area contributed by atoms with Crippen LogP contribution in [0.2, 0.25) is 0 Å². The normalized spacial score (nSPS) is 12.0. The zero-order valence-corrected chi connectivity index (χ0v) is 11.7. The molecule has 0 aliphatic rings.